The van der Waals surface area contributed by atoms with Crippen LogP contribution in [-0.4, -0.2) is 52.1 Å². The molecule has 1 saturated carbocycles. The van der Waals surface area contributed by atoms with E-state index in [1.54, 1.807) is 6.33 Å². The van der Waals surface area contributed by atoms with Gasteiger partial charge < -0.3 is 9.64 Å². The number of anilines is 1. The standard InChI is InChI=1S/C19H27N7O/c1-25-17(4-5-22-25)13-2-3-15-14(10-13)19(24-23-15)16-11-18(21-12-20-16)26-6-8-27-9-7-26/h4-5,11-15,19,23-24H,2-3,6-10H2,1H3. The van der Waals surface area contributed by atoms with Crippen LogP contribution in [0.4, 0.5) is 5.82 Å². The Balaban J connectivity index is 1.36. The molecule has 3 aliphatic rings. The van der Waals surface area contributed by atoms with Crippen LogP contribution in [0.15, 0.2) is 24.7 Å². The Bertz CT molecular complexity index is 788. The normalized spacial score (nSPS) is 31.1. The highest BCUT2D eigenvalue weighted by atomic mass is 16.5. The zero-order valence-electron chi connectivity index (χ0n) is 15.7. The van der Waals surface area contributed by atoms with Gasteiger partial charge in [0.2, 0.25) is 0 Å². The second-order valence-corrected chi connectivity index (χ2v) is 7.83. The first-order valence-electron chi connectivity index (χ1n) is 9.93. The summed E-state index contributed by atoms with van der Waals surface area (Å²) in [5, 5.41) is 4.37. The molecule has 8 heteroatoms. The maximum atomic E-state index is 5.46. The molecule has 4 atom stereocenters. The van der Waals surface area contributed by atoms with Crippen LogP contribution >= 0.6 is 0 Å². The van der Waals surface area contributed by atoms with Gasteiger partial charge in [-0.2, -0.15) is 5.10 Å². The van der Waals surface area contributed by atoms with Crippen LogP contribution in [0.3, 0.4) is 0 Å². The quantitative estimate of drug-likeness (QED) is 0.840. The molecule has 4 unspecified atom stereocenters. The van der Waals surface area contributed by atoms with Crippen LogP contribution in [0.5, 0.6) is 0 Å². The lowest BCUT2D eigenvalue weighted by Gasteiger charge is -2.33. The number of nitrogens with zero attached hydrogens (tertiary/aromatic N) is 5. The lowest BCUT2D eigenvalue weighted by Crippen LogP contribution is -2.37. The highest BCUT2D eigenvalue weighted by molar-refractivity contribution is 5.40. The fourth-order valence-electron chi connectivity index (χ4n) is 4.90. The minimum Gasteiger partial charge on any atom is -0.378 e. The highest BCUT2D eigenvalue weighted by Gasteiger charge is 2.42. The number of aromatic nitrogens is 4. The molecule has 2 aliphatic heterocycles. The summed E-state index contributed by atoms with van der Waals surface area (Å²) >= 11 is 0. The van der Waals surface area contributed by atoms with Crippen LogP contribution in [0, 0.1) is 5.92 Å². The van der Waals surface area contributed by atoms with E-state index in [2.05, 4.69) is 43.0 Å². The lowest BCUT2D eigenvalue weighted by atomic mass is 9.74. The Morgan fingerprint density at radius 3 is 2.85 bits per heavy atom. The Kier molecular flexibility index (Phi) is 4.55. The van der Waals surface area contributed by atoms with Crippen LogP contribution in [-0.2, 0) is 11.8 Å². The van der Waals surface area contributed by atoms with E-state index in [9.17, 15) is 0 Å². The van der Waals surface area contributed by atoms with Gasteiger partial charge in [0.1, 0.15) is 12.1 Å². The number of nitrogens with one attached hydrogen (secondary N) is 2. The van der Waals surface area contributed by atoms with Crippen molar-refractivity contribution in [2.75, 3.05) is 31.2 Å². The molecule has 5 rings (SSSR count). The van der Waals surface area contributed by atoms with Crippen LogP contribution in [0.1, 0.15) is 42.6 Å². The Hall–Kier alpha value is -2.03. The van der Waals surface area contributed by atoms with Crippen molar-refractivity contribution in [3.8, 4) is 0 Å². The van der Waals surface area contributed by atoms with Crippen LogP contribution in [0.2, 0.25) is 0 Å². The Morgan fingerprint density at radius 1 is 1.15 bits per heavy atom. The molecular formula is C19H27N7O. The molecule has 2 aromatic heterocycles. The number of aryl methyl sites for hydroxylation is 1. The molecule has 2 aromatic rings. The summed E-state index contributed by atoms with van der Waals surface area (Å²) < 4.78 is 7.49. The van der Waals surface area contributed by atoms with Crippen molar-refractivity contribution in [2.24, 2.45) is 13.0 Å². The molecule has 2 N–H and O–H groups in total. The first-order chi connectivity index (χ1) is 13.3. The molecular weight excluding hydrogens is 342 g/mol. The number of fused-ring (bicyclic) bond motifs is 1. The van der Waals surface area contributed by atoms with E-state index in [1.807, 2.05) is 17.9 Å². The van der Waals surface area contributed by atoms with E-state index in [1.165, 1.54) is 18.5 Å². The van der Waals surface area contributed by atoms with E-state index in [0.717, 1.165) is 44.2 Å². The second-order valence-electron chi connectivity index (χ2n) is 7.83. The van der Waals surface area contributed by atoms with Crippen molar-refractivity contribution in [1.82, 2.24) is 30.6 Å². The van der Waals surface area contributed by atoms with Gasteiger partial charge in [0.05, 0.1) is 24.9 Å². The Morgan fingerprint density at radius 2 is 2.04 bits per heavy atom. The number of hydrazine groups is 1. The van der Waals surface area contributed by atoms with Crippen molar-refractivity contribution in [3.63, 3.8) is 0 Å². The zero-order chi connectivity index (χ0) is 18.2. The molecule has 0 bridgehead atoms. The summed E-state index contributed by atoms with van der Waals surface area (Å²) in [7, 11) is 2.04. The fraction of sp³-hybridized carbons (Fsp3) is 0.632. The lowest BCUT2D eigenvalue weighted by molar-refractivity contribution is 0.122. The molecule has 3 fully saturated rings. The number of hydrogen-bond donors (Lipinski definition) is 2. The molecule has 0 radical (unpaired) electrons. The zero-order valence-corrected chi connectivity index (χ0v) is 15.7. The third-order valence-electron chi connectivity index (χ3n) is 6.36. The molecule has 0 amide bonds. The van der Waals surface area contributed by atoms with Crippen LogP contribution < -0.4 is 15.8 Å². The molecule has 8 nitrogen and oxygen atoms in total. The van der Waals surface area contributed by atoms with Gasteiger partial charge in [0.25, 0.3) is 0 Å². The largest absolute Gasteiger partial charge is 0.378 e. The summed E-state index contributed by atoms with van der Waals surface area (Å²) in [6.45, 7) is 3.31. The Labute approximate surface area is 159 Å². The summed E-state index contributed by atoms with van der Waals surface area (Å²) in [4.78, 5) is 11.4. The van der Waals surface area contributed by atoms with E-state index in [4.69, 9.17) is 4.74 Å². The van der Waals surface area contributed by atoms with Gasteiger partial charge in [-0.05, 0) is 31.2 Å². The molecule has 0 spiro atoms. The van der Waals surface area contributed by atoms with Crippen molar-refractivity contribution in [3.05, 3.63) is 36.0 Å². The average Bonchev–Trinajstić information content (AvgIpc) is 3.34. The number of ether oxygens (including phenoxy) is 1. The predicted octanol–water partition coefficient (Wildman–Crippen LogP) is 1.15. The minimum absolute atomic E-state index is 0.216. The first kappa shape index (κ1) is 17.1. The maximum absolute atomic E-state index is 5.46. The maximum Gasteiger partial charge on any atom is 0.132 e. The van der Waals surface area contributed by atoms with E-state index in [0.29, 0.717) is 17.9 Å². The summed E-state index contributed by atoms with van der Waals surface area (Å²) in [5.41, 5.74) is 9.46. The van der Waals surface area contributed by atoms with Gasteiger partial charge in [0, 0.05) is 50.1 Å². The van der Waals surface area contributed by atoms with E-state index < -0.39 is 0 Å². The minimum atomic E-state index is 0.216. The molecule has 1 aliphatic carbocycles. The first-order valence-corrected chi connectivity index (χ1v) is 9.93. The van der Waals surface area contributed by atoms with Gasteiger partial charge in [-0.3, -0.25) is 10.1 Å². The predicted molar refractivity (Wildman–Crippen MR) is 101 cm³/mol. The van der Waals surface area contributed by atoms with Gasteiger partial charge in [0.15, 0.2) is 0 Å². The summed E-state index contributed by atoms with van der Waals surface area (Å²) in [5.74, 6) is 2.09. The number of rotatable bonds is 3. The SMILES string of the molecule is Cn1nccc1C1CCC2NNC(c3cc(N4CCOCC4)ncn3)C2C1. The topological polar surface area (TPSA) is 80.1 Å². The van der Waals surface area contributed by atoms with Crippen LogP contribution in [0.25, 0.3) is 0 Å². The van der Waals surface area contributed by atoms with Gasteiger partial charge in [-0.15, -0.1) is 0 Å². The number of hydrogen-bond acceptors (Lipinski definition) is 7. The second kappa shape index (κ2) is 7.18. The monoisotopic (exact) mass is 369 g/mol. The van der Waals surface area contributed by atoms with Gasteiger partial charge in [-0.25, -0.2) is 15.4 Å². The fourth-order valence-corrected chi connectivity index (χ4v) is 4.90. The molecule has 27 heavy (non-hydrogen) atoms. The van der Waals surface area contributed by atoms with Crippen molar-refractivity contribution >= 4 is 5.82 Å². The van der Waals surface area contributed by atoms with Crippen molar-refractivity contribution in [2.45, 2.75) is 37.3 Å². The third kappa shape index (κ3) is 3.22. The van der Waals surface area contributed by atoms with E-state index >= 15 is 0 Å². The highest BCUT2D eigenvalue weighted by Crippen LogP contribution is 2.43. The third-order valence-corrected chi connectivity index (χ3v) is 6.36. The molecule has 0 aromatic carbocycles. The smallest absolute Gasteiger partial charge is 0.132 e. The van der Waals surface area contributed by atoms with Gasteiger partial charge >= 0.3 is 0 Å². The van der Waals surface area contributed by atoms with E-state index in [-0.39, 0.29) is 6.04 Å². The molecule has 144 valence electrons. The van der Waals surface area contributed by atoms with Gasteiger partial charge in [-0.1, -0.05) is 0 Å². The summed E-state index contributed by atoms with van der Waals surface area (Å²) in [6.07, 6.45) is 7.13. The molecule has 4 heterocycles. The molecule has 2 saturated heterocycles. The number of morpholine rings is 1. The van der Waals surface area contributed by atoms with Crippen molar-refractivity contribution in [1.29, 1.82) is 0 Å². The van der Waals surface area contributed by atoms with Crippen molar-refractivity contribution < 1.29 is 4.74 Å². The average molecular weight is 369 g/mol. The summed E-state index contributed by atoms with van der Waals surface area (Å²) in [6, 6.07) is 5.03.